The Labute approximate surface area is 149 Å². The Kier molecular flexibility index (Phi) is 4.42. The molecule has 0 radical (unpaired) electrons. The molecule has 0 N–H and O–H groups in total. The summed E-state index contributed by atoms with van der Waals surface area (Å²) < 4.78 is 10.3. The zero-order valence-electron chi connectivity index (χ0n) is 14.5. The van der Waals surface area contributed by atoms with Gasteiger partial charge >= 0.3 is 11.9 Å². The maximum absolute atomic E-state index is 13.1. The molecule has 0 fully saturated rings. The number of aryl methyl sites for hydroxylation is 1. The third-order valence-corrected chi connectivity index (χ3v) is 4.05. The number of carbonyl (C=O) groups is 4. The van der Waals surface area contributed by atoms with Crippen molar-refractivity contribution in [2.24, 2.45) is 0 Å². The van der Waals surface area contributed by atoms with Crippen molar-refractivity contribution in [2.75, 3.05) is 0 Å². The van der Waals surface area contributed by atoms with Crippen LogP contribution in [0.1, 0.15) is 58.2 Å². The van der Waals surface area contributed by atoms with E-state index in [0.29, 0.717) is 6.42 Å². The monoisotopic (exact) mass is 352 g/mol. The van der Waals surface area contributed by atoms with Crippen molar-refractivity contribution in [3.63, 3.8) is 0 Å². The van der Waals surface area contributed by atoms with Crippen molar-refractivity contribution in [1.29, 1.82) is 0 Å². The van der Waals surface area contributed by atoms with Gasteiger partial charge in [-0.15, -0.1) is 0 Å². The van der Waals surface area contributed by atoms with E-state index in [0.717, 1.165) is 5.56 Å². The van der Waals surface area contributed by atoms with Gasteiger partial charge in [0.1, 0.15) is 11.5 Å². The molecule has 0 saturated carbocycles. The number of ketones is 2. The van der Waals surface area contributed by atoms with E-state index in [2.05, 4.69) is 0 Å². The van der Waals surface area contributed by atoms with Crippen molar-refractivity contribution >= 4 is 23.5 Å². The van der Waals surface area contributed by atoms with Crippen LogP contribution in [0.15, 0.2) is 30.3 Å². The lowest BCUT2D eigenvalue weighted by atomic mass is 9.82. The molecule has 26 heavy (non-hydrogen) atoms. The number of ether oxygens (including phenoxy) is 2. The first-order valence-electron chi connectivity index (χ1n) is 8.09. The molecule has 0 aliphatic heterocycles. The molecule has 1 aliphatic carbocycles. The number of carbonyl (C=O) groups excluding carboxylic acids is 4. The van der Waals surface area contributed by atoms with E-state index in [9.17, 15) is 19.2 Å². The minimum Gasteiger partial charge on any atom is -0.426 e. The zero-order valence-corrected chi connectivity index (χ0v) is 14.5. The highest BCUT2D eigenvalue weighted by Gasteiger charge is 2.35. The lowest BCUT2D eigenvalue weighted by molar-refractivity contribution is -0.132. The van der Waals surface area contributed by atoms with Gasteiger partial charge in [-0.3, -0.25) is 19.2 Å². The van der Waals surface area contributed by atoms with Crippen LogP contribution in [-0.4, -0.2) is 23.5 Å². The Balaban J connectivity index is 2.28. The second-order valence-corrected chi connectivity index (χ2v) is 5.89. The van der Waals surface area contributed by atoms with E-state index in [4.69, 9.17) is 9.47 Å². The fourth-order valence-electron chi connectivity index (χ4n) is 2.99. The lowest BCUT2D eigenvalue weighted by Gasteiger charge is -2.22. The average Bonchev–Trinajstić information content (AvgIpc) is 2.57. The summed E-state index contributed by atoms with van der Waals surface area (Å²) in [6.07, 6.45) is 0.601. The van der Waals surface area contributed by atoms with E-state index in [-0.39, 0.29) is 39.5 Å². The minimum absolute atomic E-state index is 0.00199. The maximum Gasteiger partial charge on any atom is 0.308 e. The van der Waals surface area contributed by atoms with Crippen LogP contribution in [0.2, 0.25) is 0 Å². The number of rotatable bonds is 3. The average molecular weight is 352 g/mol. The summed E-state index contributed by atoms with van der Waals surface area (Å²) in [7, 11) is 0. The second kappa shape index (κ2) is 6.55. The van der Waals surface area contributed by atoms with Crippen molar-refractivity contribution in [3.05, 3.63) is 58.1 Å². The van der Waals surface area contributed by atoms with Gasteiger partial charge in [-0.25, -0.2) is 0 Å². The minimum atomic E-state index is -0.606. The molecule has 0 saturated heterocycles. The van der Waals surface area contributed by atoms with Crippen LogP contribution in [-0.2, 0) is 16.0 Å². The largest absolute Gasteiger partial charge is 0.426 e. The highest BCUT2D eigenvalue weighted by molar-refractivity contribution is 6.30. The fourth-order valence-corrected chi connectivity index (χ4v) is 2.99. The van der Waals surface area contributed by atoms with Gasteiger partial charge in [0.2, 0.25) is 5.78 Å². The summed E-state index contributed by atoms with van der Waals surface area (Å²) in [4.78, 5) is 48.9. The molecule has 2 aromatic carbocycles. The highest BCUT2D eigenvalue weighted by atomic mass is 16.5. The van der Waals surface area contributed by atoms with E-state index in [1.54, 1.807) is 18.2 Å². The van der Waals surface area contributed by atoms with Gasteiger partial charge in [0, 0.05) is 25.0 Å². The predicted molar refractivity (Wildman–Crippen MR) is 91.7 cm³/mol. The van der Waals surface area contributed by atoms with E-state index in [1.807, 2.05) is 6.92 Å². The van der Waals surface area contributed by atoms with Crippen molar-refractivity contribution in [2.45, 2.75) is 27.2 Å². The molecular weight excluding hydrogens is 336 g/mol. The van der Waals surface area contributed by atoms with E-state index >= 15 is 0 Å². The normalized spacial score (nSPS) is 12.3. The lowest BCUT2D eigenvalue weighted by Crippen LogP contribution is -2.24. The predicted octanol–water partition coefficient (Wildman–Crippen LogP) is 2.88. The Morgan fingerprint density at radius 2 is 1.46 bits per heavy atom. The highest BCUT2D eigenvalue weighted by Crippen LogP contribution is 2.38. The Morgan fingerprint density at radius 3 is 2.08 bits per heavy atom. The summed E-state index contributed by atoms with van der Waals surface area (Å²) in [5.41, 5.74) is 1.11. The number of hydrogen-bond acceptors (Lipinski definition) is 6. The number of benzene rings is 2. The topological polar surface area (TPSA) is 86.7 Å². The third-order valence-electron chi connectivity index (χ3n) is 4.05. The molecule has 6 heteroatoms. The molecule has 6 nitrogen and oxygen atoms in total. The number of fused-ring (bicyclic) bond motifs is 2. The molecule has 132 valence electrons. The van der Waals surface area contributed by atoms with Crippen LogP contribution in [0.4, 0.5) is 0 Å². The molecule has 1 aliphatic rings. The standard InChI is InChI=1S/C20H16O6/c1-4-12-8-14-18(16(9-12)26-11(3)22)20(24)17-13(19(14)23)6-5-7-15(17)25-10(2)21/h5-9H,4H2,1-3H3. The van der Waals surface area contributed by atoms with Gasteiger partial charge in [0.05, 0.1) is 11.1 Å². The SMILES string of the molecule is CCc1cc(OC(C)=O)c2c(c1)C(=O)c1cccc(OC(C)=O)c1C2=O. The molecule has 0 bridgehead atoms. The molecule has 0 unspecified atom stereocenters. The van der Waals surface area contributed by atoms with E-state index in [1.165, 1.54) is 26.0 Å². The summed E-state index contributed by atoms with van der Waals surface area (Å²) in [5.74, 6) is -2.07. The Hall–Kier alpha value is -3.28. The van der Waals surface area contributed by atoms with Crippen molar-refractivity contribution in [1.82, 2.24) is 0 Å². The van der Waals surface area contributed by atoms with Gasteiger partial charge < -0.3 is 9.47 Å². The van der Waals surface area contributed by atoms with Gasteiger partial charge in [-0.2, -0.15) is 0 Å². The zero-order chi connectivity index (χ0) is 19.0. The second-order valence-electron chi connectivity index (χ2n) is 5.89. The molecular formula is C20H16O6. The first-order chi connectivity index (χ1) is 12.3. The van der Waals surface area contributed by atoms with Crippen molar-refractivity contribution < 1.29 is 28.7 Å². The molecule has 0 amide bonds. The first-order valence-corrected chi connectivity index (χ1v) is 8.09. The summed E-state index contributed by atoms with van der Waals surface area (Å²) in [6, 6.07) is 7.71. The Morgan fingerprint density at radius 1 is 0.846 bits per heavy atom. The number of esters is 2. The van der Waals surface area contributed by atoms with E-state index < -0.39 is 17.7 Å². The van der Waals surface area contributed by atoms with Crippen LogP contribution < -0.4 is 9.47 Å². The maximum atomic E-state index is 13.1. The molecule has 0 heterocycles. The van der Waals surface area contributed by atoms with Crippen LogP contribution in [0.25, 0.3) is 0 Å². The van der Waals surface area contributed by atoms with Gasteiger partial charge in [-0.05, 0) is 30.2 Å². The molecule has 0 spiro atoms. The summed E-state index contributed by atoms with van der Waals surface area (Å²) in [5, 5.41) is 0. The third kappa shape index (κ3) is 2.90. The smallest absolute Gasteiger partial charge is 0.308 e. The summed E-state index contributed by atoms with van der Waals surface area (Å²) >= 11 is 0. The molecule has 0 aromatic heterocycles. The van der Waals surface area contributed by atoms with Crippen LogP contribution >= 0.6 is 0 Å². The number of hydrogen-bond donors (Lipinski definition) is 0. The van der Waals surface area contributed by atoms with Crippen LogP contribution in [0.5, 0.6) is 11.5 Å². The molecule has 2 aromatic rings. The van der Waals surface area contributed by atoms with Crippen LogP contribution in [0, 0.1) is 0 Å². The Bertz CT molecular complexity index is 971. The molecule has 0 atom stereocenters. The van der Waals surface area contributed by atoms with Gasteiger partial charge in [0.15, 0.2) is 5.78 Å². The quantitative estimate of drug-likeness (QED) is 0.532. The molecule has 3 rings (SSSR count). The van der Waals surface area contributed by atoms with Gasteiger partial charge in [-0.1, -0.05) is 19.1 Å². The van der Waals surface area contributed by atoms with Crippen molar-refractivity contribution in [3.8, 4) is 11.5 Å². The fraction of sp³-hybridized carbons (Fsp3) is 0.200. The first kappa shape index (κ1) is 17.5. The van der Waals surface area contributed by atoms with Crippen LogP contribution in [0.3, 0.4) is 0 Å². The van der Waals surface area contributed by atoms with Gasteiger partial charge in [0.25, 0.3) is 0 Å². The summed E-state index contributed by atoms with van der Waals surface area (Å²) in [6.45, 7) is 4.32.